The van der Waals surface area contributed by atoms with Gasteiger partial charge in [-0.15, -0.1) is 0 Å². The summed E-state index contributed by atoms with van der Waals surface area (Å²) in [6, 6.07) is 8.33. The van der Waals surface area contributed by atoms with E-state index < -0.39 is 6.10 Å². The highest BCUT2D eigenvalue weighted by atomic mass is 16.5. The number of nitrogens with one attached hydrogen (secondary N) is 1. The summed E-state index contributed by atoms with van der Waals surface area (Å²) >= 11 is 0. The number of likely N-dealkylation sites (tertiary alicyclic amines) is 1. The number of aromatic amines is 1. The summed E-state index contributed by atoms with van der Waals surface area (Å²) in [5, 5.41) is 0. The van der Waals surface area contributed by atoms with E-state index in [1.165, 1.54) is 5.56 Å². The van der Waals surface area contributed by atoms with Crippen LogP contribution in [0.2, 0.25) is 0 Å². The zero-order chi connectivity index (χ0) is 17.1. The van der Waals surface area contributed by atoms with Crippen LogP contribution in [-0.4, -0.2) is 40.5 Å². The number of piperidine rings is 1. The second kappa shape index (κ2) is 7.18. The number of nitrogens with zero attached hydrogens (tertiary/aromatic N) is 2. The molecular weight excluding hydrogens is 302 g/mol. The first-order chi connectivity index (χ1) is 11.6. The molecule has 1 fully saturated rings. The van der Waals surface area contributed by atoms with Gasteiger partial charge in [-0.3, -0.25) is 4.79 Å². The summed E-state index contributed by atoms with van der Waals surface area (Å²) < 4.78 is 5.22. The van der Waals surface area contributed by atoms with Gasteiger partial charge in [0.1, 0.15) is 11.9 Å². The molecule has 1 aromatic carbocycles. The van der Waals surface area contributed by atoms with Crippen LogP contribution >= 0.6 is 0 Å². The van der Waals surface area contributed by atoms with Crippen LogP contribution in [0.5, 0.6) is 0 Å². The van der Waals surface area contributed by atoms with Crippen molar-refractivity contribution < 1.29 is 9.53 Å². The number of ether oxygens (including phenoxy) is 1. The molecule has 5 nitrogen and oxygen atoms in total. The van der Waals surface area contributed by atoms with E-state index in [0.29, 0.717) is 0 Å². The summed E-state index contributed by atoms with van der Waals surface area (Å²) in [7, 11) is 1.57. The van der Waals surface area contributed by atoms with Crippen molar-refractivity contribution in [1.29, 1.82) is 0 Å². The number of methoxy groups -OCH3 is 1. The topological polar surface area (TPSA) is 58.2 Å². The van der Waals surface area contributed by atoms with E-state index in [9.17, 15) is 4.79 Å². The van der Waals surface area contributed by atoms with Gasteiger partial charge in [0.15, 0.2) is 0 Å². The average molecular weight is 327 g/mol. The standard InChI is InChI=1S/C19H25N3O2/c1-13-7-6-8-15(11-13)16-12-20-18(21-16)17-9-4-5-10-22(17)19(23)14(2)24-3/h6-8,11-12,14,17H,4-5,9-10H2,1-3H3,(H,20,21). The number of hydrogen-bond donors (Lipinski definition) is 1. The Labute approximate surface area is 143 Å². The van der Waals surface area contributed by atoms with Crippen LogP contribution in [-0.2, 0) is 9.53 Å². The lowest BCUT2D eigenvalue weighted by atomic mass is 10.0. The third-order valence-electron chi connectivity index (χ3n) is 4.73. The van der Waals surface area contributed by atoms with Gasteiger partial charge in [0.05, 0.1) is 17.9 Å². The van der Waals surface area contributed by atoms with Crippen LogP contribution < -0.4 is 0 Å². The van der Waals surface area contributed by atoms with Crippen molar-refractivity contribution in [1.82, 2.24) is 14.9 Å². The summed E-state index contributed by atoms with van der Waals surface area (Å²) in [6.45, 7) is 4.64. The number of carbonyl (C=O) groups is 1. The highest BCUT2D eigenvalue weighted by Crippen LogP contribution is 2.31. The Morgan fingerprint density at radius 1 is 1.42 bits per heavy atom. The number of hydrogen-bond acceptors (Lipinski definition) is 3. The largest absolute Gasteiger partial charge is 0.372 e. The normalized spacial score (nSPS) is 19.3. The second-order valence-electron chi connectivity index (χ2n) is 6.47. The number of aromatic nitrogens is 2. The summed E-state index contributed by atoms with van der Waals surface area (Å²) in [5.74, 6) is 0.901. The maximum Gasteiger partial charge on any atom is 0.252 e. The summed E-state index contributed by atoms with van der Waals surface area (Å²) in [4.78, 5) is 22.5. The number of amides is 1. The number of rotatable bonds is 4. The van der Waals surface area contributed by atoms with Crippen molar-refractivity contribution in [3.63, 3.8) is 0 Å². The van der Waals surface area contributed by atoms with E-state index in [-0.39, 0.29) is 11.9 Å². The summed E-state index contributed by atoms with van der Waals surface area (Å²) in [5.41, 5.74) is 3.33. The smallest absolute Gasteiger partial charge is 0.252 e. The van der Waals surface area contributed by atoms with Crippen molar-refractivity contribution in [2.24, 2.45) is 0 Å². The molecule has 1 amide bonds. The molecule has 5 heteroatoms. The first kappa shape index (κ1) is 16.7. The number of benzene rings is 1. The molecule has 1 aliphatic heterocycles. The lowest BCUT2D eigenvalue weighted by molar-refractivity contribution is -0.145. The average Bonchev–Trinajstić information content (AvgIpc) is 3.10. The Hall–Kier alpha value is -2.14. The molecule has 1 aliphatic rings. The molecule has 0 spiro atoms. The van der Waals surface area contributed by atoms with E-state index >= 15 is 0 Å². The molecule has 1 N–H and O–H groups in total. The quantitative estimate of drug-likeness (QED) is 0.935. The minimum atomic E-state index is -0.420. The van der Waals surface area contributed by atoms with Crippen LogP contribution in [0.3, 0.4) is 0 Å². The van der Waals surface area contributed by atoms with Crippen LogP contribution in [0, 0.1) is 6.92 Å². The molecule has 1 aromatic heterocycles. The molecule has 2 atom stereocenters. The predicted octanol–water partition coefficient (Wildman–Crippen LogP) is 3.47. The molecule has 2 unspecified atom stereocenters. The fourth-order valence-corrected chi connectivity index (χ4v) is 3.28. The van der Waals surface area contributed by atoms with Crippen molar-refractivity contribution in [3.8, 4) is 11.3 Å². The highest BCUT2D eigenvalue weighted by molar-refractivity contribution is 5.81. The maximum atomic E-state index is 12.6. The number of aryl methyl sites for hydroxylation is 1. The van der Waals surface area contributed by atoms with Gasteiger partial charge in [-0.1, -0.05) is 23.8 Å². The molecule has 1 saturated heterocycles. The molecule has 128 valence electrons. The van der Waals surface area contributed by atoms with Gasteiger partial charge in [-0.2, -0.15) is 0 Å². The summed E-state index contributed by atoms with van der Waals surface area (Å²) in [6.07, 6.45) is 4.52. The molecule has 2 heterocycles. The van der Waals surface area contributed by atoms with E-state index in [0.717, 1.165) is 42.9 Å². The molecule has 0 saturated carbocycles. The van der Waals surface area contributed by atoms with E-state index in [1.807, 2.05) is 17.2 Å². The van der Waals surface area contributed by atoms with Gasteiger partial charge in [0.2, 0.25) is 0 Å². The monoisotopic (exact) mass is 327 g/mol. The highest BCUT2D eigenvalue weighted by Gasteiger charge is 2.32. The zero-order valence-electron chi connectivity index (χ0n) is 14.6. The number of imidazole rings is 1. The molecule has 2 aromatic rings. The van der Waals surface area contributed by atoms with Crippen molar-refractivity contribution >= 4 is 5.91 Å². The van der Waals surface area contributed by atoms with Crippen LogP contribution in [0.15, 0.2) is 30.5 Å². The van der Waals surface area contributed by atoms with Crippen molar-refractivity contribution in [2.45, 2.75) is 45.3 Å². The van der Waals surface area contributed by atoms with E-state index in [2.05, 4.69) is 35.1 Å². The Kier molecular flexibility index (Phi) is 5.00. The van der Waals surface area contributed by atoms with Crippen molar-refractivity contribution in [2.75, 3.05) is 13.7 Å². The Morgan fingerprint density at radius 2 is 2.25 bits per heavy atom. The van der Waals surface area contributed by atoms with Crippen LogP contribution in [0.4, 0.5) is 0 Å². The van der Waals surface area contributed by atoms with Gasteiger partial charge in [0.25, 0.3) is 5.91 Å². The fraction of sp³-hybridized carbons (Fsp3) is 0.474. The molecule has 3 rings (SSSR count). The lowest BCUT2D eigenvalue weighted by Crippen LogP contribution is -2.44. The van der Waals surface area contributed by atoms with Gasteiger partial charge in [-0.25, -0.2) is 4.98 Å². The van der Waals surface area contributed by atoms with Crippen LogP contribution in [0.1, 0.15) is 43.6 Å². The molecule has 0 bridgehead atoms. The van der Waals surface area contributed by atoms with Crippen LogP contribution in [0.25, 0.3) is 11.3 Å². The van der Waals surface area contributed by atoms with Gasteiger partial charge < -0.3 is 14.6 Å². The second-order valence-corrected chi connectivity index (χ2v) is 6.47. The molecule has 0 radical (unpaired) electrons. The Bertz CT molecular complexity index is 710. The predicted molar refractivity (Wildman–Crippen MR) is 93.5 cm³/mol. The Balaban J connectivity index is 1.85. The van der Waals surface area contributed by atoms with Gasteiger partial charge >= 0.3 is 0 Å². The lowest BCUT2D eigenvalue weighted by Gasteiger charge is -2.35. The number of carbonyl (C=O) groups excluding carboxylic acids is 1. The van der Waals surface area contributed by atoms with Gasteiger partial charge in [0, 0.05) is 13.7 Å². The van der Waals surface area contributed by atoms with Crippen molar-refractivity contribution in [3.05, 3.63) is 41.9 Å². The minimum absolute atomic E-state index is 0.00223. The molecule has 0 aliphatic carbocycles. The fourth-order valence-electron chi connectivity index (χ4n) is 3.28. The third kappa shape index (κ3) is 3.36. The number of H-pyrrole nitrogens is 1. The molecular formula is C19H25N3O2. The first-order valence-electron chi connectivity index (χ1n) is 8.55. The first-order valence-corrected chi connectivity index (χ1v) is 8.55. The minimum Gasteiger partial charge on any atom is -0.372 e. The maximum absolute atomic E-state index is 12.6. The third-order valence-corrected chi connectivity index (χ3v) is 4.73. The van der Waals surface area contributed by atoms with E-state index in [4.69, 9.17) is 4.74 Å². The Morgan fingerprint density at radius 3 is 3.00 bits per heavy atom. The van der Waals surface area contributed by atoms with E-state index in [1.54, 1.807) is 14.0 Å². The SMILES string of the molecule is COC(C)C(=O)N1CCCCC1c1ncc(-c2cccc(C)c2)[nH]1. The van der Waals surface area contributed by atoms with Gasteiger partial charge in [-0.05, 0) is 44.7 Å². The zero-order valence-corrected chi connectivity index (χ0v) is 14.6. The molecule has 24 heavy (non-hydrogen) atoms.